The summed E-state index contributed by atoms with van der Waals surface area (Å²) in [7, 11) is -1.81. The molecule has 1 aliphatic rings. The molecule has 0 atom stereocenters. The van der Waals surface area contributed by atoms with Crippen LogP contribution in [0.3, 0.4) is 0 Å². The molecule has 2 aromatic rings. The molecule has 0 aliphatic heterocycles. The first-order valence-electron chi connectivity index (χ1n) is 9.88. The lowest BCUT2D eigenvalue weighted by Gasteiger charge is -2.31. The van der Waals surface area contributed by atoms with Crippen LogP contribution < -0.4 is 0 Å². The lowest BCUT2D eigenvalue weighted by atomic mass is 9.94. The number of hydrogen-bond donors (Lipinski definition) is 0. The molecule has 1 aromatic carbocycles. The van der Waals surface area contributed by atoms with Crippen LogP contribution in [0.1, 0.15) is 50.3 Å². The molecule has 0 N–H and O–H groups in total. The van der Waals surface area contributed by atoms with E-state index >= 15 is 0 Å². The summed E-state index contributed by atoms with van der Waals surface area (Å²) < 4.78 is 25.1. The maximum Gasteiger partial charge on any atom is 0.237 e. The van der Waals surface area contributed by atoms with Gasteiger partial charge in [0.1, 0.15) is 10.8 Å². The zero-order valence-corrected chi connectivity index (χ0v) is 18.2. The van der Waals surface area contributed by atoms with Gasteiger partial charge in [-0.1, -0.05) is 50.5 Å². The van der Waals surface area contributed by atoms with Gasteiger partial charge in [-0.3, -0.25) is 4.79 Å². The second-order valence-corrected chi connectivity index (χ2v) is 10.4. The lowest BCUT2D eigenvalue weighted by molar-refractivity contribution is -0.129. The van der Waals surface area contributed by atoms with Crippen LogP contribution in [-0.2, 0) is 26.8 Å². The van der Waals surface area contributed by atoms with E-state index in [0.29, 0.717) is 5.69 Å². The maximum absolute atomic E-state index is 12.5. The molecular weight excluding hydrogens is 392 g/mol. The van der Waals surface area contributed by atoms with E-state index in [0.717, 1.165) is 42.7 Å². The monoisotopic (exact) mass is 420 g/mol. The summed E-state index contributed by atoms with van der Waals surface area (Å²) in [5, 5.41) is 2.58. The number of carbonyl (C=O) groups excluding carboxylic acids is 1. The van der Waals surface area contributed by atoms with Crippen molar-refractivity contribution in [3.8, 4) is 10.6 Å². The third-order valence-electron chi connectivity index (χ3n) is 5.39. The Kier molecular flexibility index (Phi) is 6.88. The predicted octanol–water partition coefficient (Wildman–Crippen LogP) is 4.08. The Morgan fingerprint density at radius 2 is 1.86 bits per heavy atom. The van der Waals surface area contributed by atoms with E-state index < -0.39 is 15.6 Å². The highest BCUT2D eigenvalue weighted by atomic mass is 32.2. The number of benzene rings is 1. The van der Waals surface area contributed by atoms with Crippen LogP contribution in [0.15, 0.2) is 29.6 Å². The average molecular weight is 421 g/mol. The van der Waals surface area contributed by atoms with E-state index in [2.05, 4.69) is 24.0 Å². The molecule has 1 amide bonds. The van der Waals surface area contributed by atoms with Crippen molar-refractivity contribution in [2.45, 2.75) is 57.2 Å². The van der Waals surface area contributed by atoms with E-state index in [4.69, 9.17) is 0 Å². The van der Waals surface area contributed by atoms with Crippen molar-refractivity contribution in [2.75, 3.05) is 12.8 Å². The number of rotatable bonds is 7. The third-order valence-corrected chi connectivity index (χ3v) is 7.75. The molecule has 1 saturated carbocycles. The van der Waals surface area contributed by atoms with Crippen molar-refractivity contribution in [3.05, 3.63) is 40.9 Å². The normalized spacial score (nSPS) is 15.5. The number of carbonyl (C=O) groups is 1. The Morgan fingerprint density at radius 1 is 1.18 bits per heavy atom. The summed E-state index contributed by atoms with van der Waals surface area (Å²) in [6, 6.07) is 8.32. The fourth-order valence-electron chi connectivity index (χ4n) is 3.63. The summed E-state index contributed by atoms with van der Waals surface area (Å²) in [6.45, 7) is 2.11. The van der Waals surface area contributed by atoms with Gasteiger partial charge in [-0.05, 0) is 24.8 Å². The quantitative estimate of drug-likeness (QED) is 0.677. The van der Waals surface area contributed by atoms with E-state index in [-0.39, 0.29) is 17.7 Å². The predicted molar refractivity (Wildman–Crippen MR) is 114 cm³/mol. The molecule has 0 saturated heterocycles. The number of aromatic nitrogens is 1. The fraction of sp³-hybridized carbons (Fsp3) is 0.524. The number of aryl methyl sites for hydroxylation is 1. The minimum Gasteiger partial charge on any atom is -0.342 e. The van der Waals surface area contributed by atoms with Crippen molar-refractivity contribution >= 4 is 27.1 Å². The summed E-state index contributed by atoms with van der Waals surface area (Å²) >= 11 is 1.43. The van der Waals surface area contributed by atoms with Crippen molar-refractivity contribution in [1.82, 2.24) is 9.88 Å². The van der Waals surface area contributed by atoms with Crippen molar-refractivity contribution in [3.63, 3.8) is 0 Å². The smallest absolute Gasteiger partial charge is 0.237 e. The van der Waals surface area contributed by atoms with Gasteiger partial charge in [0, 0.05) is 24.0 Å². The van der Waals surface area contributed by atoms with Crippen molar-refractivity contribution in [2.24, 2.45) is 0 Å². The molecule has 0 unspecified atom stereocenters. The van der Waals surface area contributed by atoms with E-state index in [1.807, 2.05) is 12.1 Å². The zero-order chi connectivity index (χ0) is 20.1. The molecule has 7 heteroatoms. The molecule has 152 valence electrons. The highest BCUT2D eigenvalue weighted by Gasteiger charge is 2.26. The molecule has 1 aliphatic carbocycles. The first-order valence-corrected chi connectivity index (χ1v) is 12.6. The molecule has 0 bridgehead atoms. The molecule has 1 heterocycles. The fourth-order valence-corrected chi connectivity index (χ4v) is 5.84. The highest BCUT2D eigenvalue weighted by Crippen LogP contribution is 2.25. The van der Waals surface area contributed by atoms with Crippen LogP contribution in [0, 0.1) is 0 Å². The molecule has 0 radical (unpaired) electrons. The van der Waals surface area contributed by atoms with Crippen LogP contribution in [-0.4, -0.2) is 43.1 Å². The maximum atomic E-state index is 12.5. The Bertz CT molecular complexity index is 898. The third kappa shape index (κ3) is 5.41. The van der Waals surface area contributed by atoms with Crippen LogP contribution in [0.25, 0.3) is 10.6 Å². The zero-order valence-electron chi connectivity index (χ0n) is 16.6. The van der Waals surface area contributed by atoms with Gasteiger partial charge in [0.15, 0.2) is 9.84 Å². The van der Waals surface area contributed by atoms with Crippen LogP contribution in [0.4, 0.5) is 0 Å². The van der Waals surface area contributed by atoms with Gasteiger partial charge >= 0.3 is 0 Å². The molecule has 3 rings (SSSR count). The minimum atomic E-state index is -3.54. The number of hydrogen-bond acceptors (Lipinski definition) is 5. The second kappa shape index (κ2) is 9.18. The first-order chi connectivity index (χ1) is 13.4. The molecule has 1 aromatic heterocycles. The topological polar surface area (TPSA) is 67.3 Å². The molecule has 1 fully saturated rings. The van der Waals surface area contributed by atoms with Gasteiger partial charge in [0.05, 0.1) is 11.4 Å². The number of amides is 1. The van der Waals surface area contributed by atoms with Gasteiger partial charge in [-0.25, -0.2) is 13.4 Å². The van der Waals surface area contributed by atoms with Crippen molar-refractivity contribution in [1.29, 1.82) is 0 Å². The largest absolute Gasteiger partial charge is 0.342 e. The van der Waals surface area contributed by atoms with Crippen LogP contribution in [0.2, 0.25) is 0 Å². The Balaban J connectivity index is 1.62. The van der Waals surface area contributed by atoms with E-state index in [9.17, 15) is 13.2 Å². The summed E-state index contributed by atoms with van der Waals surface area (Å²) in [5.41, 5.74) is 2.75. The molecular formula is C21H28N2O3S2. The Hall–Kier alpha value is -1.73. The summed E-state index contributed by atoms with van der Waals surface area (Å²) in [6.07, 6.45) is 6.32. The van der Waals surface area contributed by atoms with Crippen molar-refractivity contribution < 1.29 is 13.2 Å². The second-order valence-electron chi connectivity index (χ2n) is 7.52. The number of nitrogens with zero attached hydrogens (tertiary/aromatic N) is 2. The van der Waals surface area contributed by atoms with Gasteiger partial charge in [0.25, 0.3) is 0 Å². The van der Waals surface area contributed by atoms with Crippen LogP contribution >= 0.6 is 11.3 Å². The standard InChI is InChI=1S/C21H28N2O3S2/c1-3-16-9-11-17(12-10-16)21-22-18(13-27-21)14-28(25,26)15-20(24)23(2)19-7-5-4-6-8-19/h9-13,19H,3-8,14-15H2,1-2H3. The highest BCUT2D eigenvalue weighted by molar-refractivity contribution is 7.91. The summed E-state index contributed by atoms with van der Waals surface area (Å²) in [4.78, 5) is 18.6. The van der Waals surface area contributed by atoms with E-state index in [1.54, 1.807) is 17.3 Å². The number of thiazole rings is 1. The van der Waals surface area contributed by atoms with E-state index in [1.165, 1.54) is 23.3 Å². The number of sulfone groups is 1. The Morgan fingerprint density at radius 3 is 2.50 bits per heavy atom. The summed E-state index contributed by atoms with van der Waals surface area (Å²) in [5.74, 6) is -0.948. The van der Waals surface area contributed by atoms with Gasteiger partial charge in [-0.15, -0.1) is 11.3 Å². The van der Waals surface area contributed by atoms with Gasteiger partial charge in [-0.2, -0.15) is 0 Å². The Labute approximate surface area is 171 Å². The molecule has 0 spiro atoms. The van der Waals surface area contributed by atoms with Gasteiger partial charge in [0.2, 0.25) is 5.91 Å². The SMILES string of the molecule is CCc1ccc(-c2nc(CS(=O)(=O)CC(=O)N(C)C3CCCCC3)cs2)cc1. The lowest BCUT2D eigenvalue weighted by Crippen LogP contribution is -2.41. The van der Waals surface area contributed by atoms with Gasteiger partial charge < -0.3 is 4.90 Å². The minimum absolute atomic E-state index is 0.174. The molecule has 28 heavy (non-hydrogen) atoms. The molecule has 5 nitrogen and oxygen atoms in total. The first kappa shape index (κ1) is 21.0. The average Bonchev–Trinajstić information content (AvgIpc) is 3.15. The van der Waals surface area contributed by atoms with Crippen LogP contribution in [0.5, 0.6) is 0 Å².